The summed E-state index contributed by atoms with van der Waals surface area (Å²) in [4.78, 5) is 0. The first-order valence-corrected chi connectivity index (χ1v) is 8.73. The summed E-state index contributed by atoms with van der Waals surface area (Å²) in [6.45, 7) is 2.20. The fourth-order valence-electron chi connectivity index (χ4n) is 3.11. The minimum atomic E-state index is -0.153. The molecular weight excluding hydrogens is 295 g/mol. The first-order chi connectivity index (χ1) is 11.8. The maximum Gasteiger partial charge on any atom is 0.131 e. The zero-order valence-corrected chi connectivity index (χ0v) is 14.1. The minimum Gasteiger partial charge on any atom is -0.206 e. The van der Waals surface area contributed by atoms with Crippen LogP contribution in [0.25, 0.3) is 22.3 Å². The Hall–Kier alpha value is -2.41. The van der Waals surface area contributed by atoms with E-state index in [-0.39, 0.29) is 5.82 Å². The third-order valence-electron chi connectivity index (χ3n) is 4.43. The van der Waals surface area contributed by atoms with Crippen molar-refractivity contribution in [2.45, 2.75) is 32.6 Å². The van der Waals surface area contributed by atoms with E-state index >= 15 is 0 Å². The second-order valence-corrected chi connectivity index (χ2v) is 6.17. The van der Waals surface area contributed by atoms with E-state index in [1.165, 1.54) is 18.4 Å². The second-order valence-electron chi connectivity index (χ2n) is 6.17. The summed E-state index contributed by atoms with van der Waals surface area (Å²) < 4.78 is 14.8. The predicted octanol–water partition coefficient (Wildman–Crippen LogP) is 6.89. The third kappa shape index (κ3) is 3.73. The quantitative estimate of drug-likeness (QED) is 0.434. The molecule has 0 fully saturated rings. The predicted molar refractivity (Wildman–Crippen MR) is 101 cm³/mol. The molecule has 0 nitrogen and oxygen atoms in total. The molecule has 0 N–H and O–H groups in total. The molecule has 0 bridgehead atoms. The van der Waals surface area contributed by atoms with Gasteiger partial charge in [0.05, 0.1) is 0 Å². The number of hydrogen-bond donors (Lipinski definition) is 0. The highest BCUT2D eigenvalue weighted by Crippen LogP contribution is 2.30. The number of benzene rings is 3. The van der Waals surface area contributed by atoms with Gasteiger partial charge in [0.1, 0.15) is 5.82 Å². The van der Waals surface area contributed by atoms with Gasteiger partial charge in [-0.25, -0.2) is 4.39 Å². The molecule has 0 aliphatic rings. The molecule has 0 aliphatic carbocycles. The Balaban J connectivity index is 1.93. The van der Waals surface area contributed by atoms with E-state index in [0.29, 0.717) is 5.56 Å². The van der Waals surface area contributed by atoms with Gasteiger partial charge in [-0.2, -0.15) is 0 Å². The van der Waals surface area contributed by atoms with Gasteiger partial charge in [0.25, 0.3) is 0 Å². The largest absolute Gasteiger partial charge is 0.206 e. The van der Waals surface area contributed by atoms with Crippen molar-refractivity contribution in [3.8, 4) is 22.3 Å². The number of halogens is 1. The Morgan fingerprint density at radius 3 is 2.21 bits per heavy atom. The maximum atomic E-state index is 14.8. The Morgan fingerprint density at radius 2 is 1.46 bits per heavy atom. The van der Waals surface area contributed by atoms with Gasteiger partial charge in [-0.05, 0) is 41.2 Å². The lowest BCUT2D eigenvalue weighted by molar-refractivity contribution is 0.631. The van der Waals surface area contributed by atoms with Crippen molar-refractivity contribution in [1.82, 2.24) is 0 Å². The fraction of sp³-hybridized carbons (Fsp3) is 0.217. The van der Waals surface area contributed by atoms with Crippen molar-refractivity contribution in [1.29, 1.82) is 0 Å². The van der Waals surface area contributed by atoms with Crippen LogP contribution in [0.3, 0.4) is 0 Å². The Kier molecular flexibility index (Phi) is 5.43. The standard InChI is InChI=1S/C23H23F/c1-2-3-5-12-19-13-8-9-14-21(19)22-16-15-20(17-23(22)24)18-10-6-4-7-11-18/h4,6-11,13-17H,2-3,5,12H2,1H3. The highest BCUT2D eigenvalue weighted by atomic mass is 19.1. The summed E-state index contributed by atoms with van der Waals surface area (Å²) in [5.41, 5.74) is 4.91. The summed E-state index contributed by atoms with van der Waals surface area (Å²) in [6, 6.07) is 23.7. The molecule has 1 heteroatoms. The van der Waals surface area contributed by atoms with Crippen LogP contribution in [0.4, 0.5) is 4.39 Å². The van der Waals surface area contributed by atoms with Crippen LogP contribution in [0.5, 0.6) is 0 Å². The van der Waals surface area contributed by atoms with E-state index in [4.69, 9.17) is 0 Å². The van der Waals surface area contributed by atoms with Crippen LogP contribution >= 0.6 is 0 Å². The topological polar surface area (TPSA) is 0 Å². The minimum absolute atomic E-state index is 0.153. The average Bonchev–Trinajstić information content (AvgIpc) is 2.63. The first-order valence-electron chi connectivity index (χ1n) is 8.73. The van der Waals surface area contributed by atoms with Gasteiger partial charge in [-0.1, -0.05) is 86.5 Å². The van der Waals surface area contributed by atoms with Crippen LogP contribution in [0.15, 0.2) is 72.8 Å². The number of unbranched alkanes of at least 4 members (excludes halogenated alkanes) is 2. The molecule has 0 saturated heterocycles. The zero-order chi connectivity index (χ0) is 16.8. The monoisotopic (exact) mass is 318 g/mol. The summed E-state index contributed by atoms with van der Waals surface area (Å²) in [5.74, 6) is -0.153. The first kappa shape index (κ1) is 16.4. The van der Waals surface area contributed by atoms with E-state index in [0.717, 1.165) is 29.5 Å². The lowest BCUT2D eigenvalue weighted by Crippen LogP contribution is -1.93. The van der Waals surface area contributed by atoms with E-state index in [1.807, 2.05) is 60.7 Å². The smallest absolute Gasteiger partial charge is 0.131 e. The molecule has 0 radical (unpaired) electrons. The molecule has 0 spiro atoms. The highest BCUT2D eigenvalue weighted by Gasteiger charge is 2.10. The number of aryl methyl sites for hydroxylation is 1. The Morgan fingerprint density at radius 1 is 0.708 bits per heavy atom. The molecule has 3 aromatic carbocycles. The lowest BCUT2D eigenvalue weighted by atomic mass is 9.94. The molecular formula is C23H23F. The Bertz CT molecular complexity index is 790. The average molecular weight is 318 g/mol. The number of hydrogen-bond acceptors (Lipinski definition) is 0. The molecule has 0 saturated carbocycles. The molecule has 122 valence electrons. The molecule has 0 unspecified atom stereocenters. The van der Waals surface area contributed by atoms with Gasteiger partial charge in [-0.3, -0.25) is 0 Å². The fourth-order valence-corrected chi connectivity index (χ4v) is 3.11. The third-order valence-corrected chi connectivity index (χ3v) is 4.43. The van der Waals surface area contributed by atoms with Gasteiger partial charge < -0.3 is 0 Å². The van der Waals surface area contributed by atoms with E-state index < -0.39 is 0 Å². The molecule has 3 aromatic rings. The molecule has 24 heavy (non-hydrogen) atoms. The SMILES string of the molecule is CCCCCc1ccccc1-c1ccc(-c2ccccc2)cc1F. The van der Waals surface area contributed by atoms with Crippen LogP contribution in [0.2, 0.25) is 0 Å². The summed E-state index contributed by atoms with van der Waals surface area (Å²) >= 11 is 0. The van der Waals surface area contributed by atoms with E-state index in [2.05, 4.69) is 13.0 Å². The van der Waals surface area contributed by atoms with Crippen LogP contribution < -0.4 is 0 Å². The van der Waals surface area contributed by atoms with E-state index in [1.54, 1.807) is 6.07 Å². The lowest BCUT2D eigenvalue weighted by Gasteiger charge is -2.12. The van der Waals surface area contributed by atoms with Gasteiger partial charge in [0.15, 0.2) is 0 Å². The number of rotatable bonds is 6. The molecule has 3 rings (SSSR count). The molecule has 0 heterocycles. The van der Waals surface area contributed by atoms with Gasteiger partial charge in [0.2, 0.25) is 0 Å². The molecule has 0 amide bonds. The van der Waals surface area contributed by atoms with Gasteiger partial charge >= 0.3 is 0 Å². The summed E-state index contributed by atoms with van der Waals surface area (Å²) in [7, 11) is 0. The van der Waals surface area contributed by atoms with Crippen molar-refractivity contribution in [3.63, 3.8) is 0 Å². The molecule has 0 aliphatic heterocycles. The van der Waals surface area contributed by atoms with Crippen LogP contribution in [-0.2, 0) is 6.42 Å². The van der Waals surface area contributed by atoms with Crippen molar-refractivity contribution in [2.75, 3.05) is 0 Å². The zero-order valence-electron chi connectivity index (χ0n) is 14.1. The Labute approximate surface area is 144 Å². The molecule has 0 aromatic heterocycles. The van der Waals surface area contributed by atoms with Crippen molar-refractivity contribution in [2.24, 2.45) is 0 Å². The van der Waals surface area contributed by atoms with Crippen molar-refractivity contribution < 1.29 is 4.39 Å². The van der Waals surface area contributed by atoms with Crippen LogP contribution in [0, 0.1) is 5.82 Å². The van der Waals surface area contributed by atoms with Gasteiger partial charge in [0, 0.05) is 5.56 Å². The summed E-state index contributed by atoms with van der Waals surface area (Å²) in [6.07, 6.45) is 4.56. The molecule has 0 atom stereocenters. The van der Waals surface area contributed by atoms with E-state index in [9.17, 15) is 4.39 Å². The van der Waals surface area contributed by atoms with Gasteiger partial charge in [-0.15, -0.1) is 0 Å². The van der Waals surface area contributed by atoms with Crippen molar-refractivity contribution in [3.05, 3.63) is 84.2 Å². The van der Waals surface area contributed by atoms with Crippen LogP contribution in [-0.4, -0.2) is 0 Å². The second kappa shape index (κ2) is 7.92. The maximum absolute atomic E-state index is 14.8. The highest BCUT2D eigenvalue weighted by molar-refractivity contribution is 5.73. The van der Waals surface area contributed by atoms with Crippen molar-refractivity contribution >= 4 is 0 Å². The summed E-state index contributed by atoms with van der Waals surface area (Å²) in [5, 5.41) is 0. The van der Waals surface area contributed by atoms with Crippen LogP contribution in [0.1, 0.15) is 31.7 Å². The normalized spacial score (nSPS) is 10.8.